The van der Waals surface area contributed by atoms with Crippen molar-refractivity contribution >= 4 is 29.2 Å². The maximum atomic E-state index is 11.9. The van der Waals surface area contributed by atoms with Gasteiger partial charge in [0.2, 0.25) is 0 Å². The molecule has 0 rings (SSSR count). The van der Waals surface area contributed by atoms with E-state index in [4.69, 9.17) is 33.7 Å². The van der Waals surface area contributed by atoms with Crippen LogP contribution >= 0.6 is 23.2 Å². The van der Waals surface area contributed by atoms with Crippen LogP contribution in [0.4, 0.5) is 0 Å². The highest BCUT2D eigenvalue weighted by atomic mass is 35.5. The van der Waals surface area contributed by atoms with Crippen molar-refractivity contribution in [1.82, 2.24) is 0 Å². The van der Waals surface area contributed by atoms with Crippen LogP contribution in [0.25, 0.3) is 0 Å². The summed E-state index contributed by atoms with van der Waals surface area (Å²) in [5.41, 5.74) is 6.26. The molecular weight excluding hydrogens is 261 g/mol. The average Bonchev–Trinajstić information content (AvgIpc) is 2.28. The molecule has 0 saturated carbocycles. The van der Waals surface area contributed by atoms with Crippen LogP contribution in [0.15, 0.2) is 24.3 Å². The van der Waals surface area contributed by atoms with Crippen LogP contribution in [0.5, 0.6) is 0 Å². The molecule has 3 nitrogen and oxygen atoms in total. The van der Waals surface area contributed by atoms with Crippen LogP contribution in [0.3, 0.4) is 0 Å². The lowest BCUT2D eigenvalue weighted by Crippen LogP contribution is -2.50. The van der Waals surface area contributed by atoms with E-state index in [0.717, 1.165) is 0 Å². The first-order valence-corrected chi connectivity index (χ1v) is 6.37. The molecule has 0 aliphatic rings. The molecule has 0 fully saturated rings. The van der Waals surface area contributed by atoms with Gasteiger partial charge in [0.25, 0.3) is 0 Å². The van der Waals surface area contributed by atoms with E-state index in [-0.39, 0.29) is 31.2 Å². The van der Waals surface area contributed by atoms with Crippen molar-refractivity contribution < 1.29 is 9.53 Å². The van der Waals surface area contributed by atoms with Crippen LogP contribution in [-0.4, -0.2) is 29.9 Å². The number of carbonyl (C=O) groups is 1. The van der Waals surface area contributed by atoms with Crippen LogP contribution in [0.1, 0.15) is 19.8 Å². The molecule has 0 radical (unpaired) electrons. The second kappa shape index (κ2) is 7.75. The van der Waals surface area contributed by atoms with Gasteiger partial charge in [0.1, 0.15) is 5.54 Å². The van der Waals surface area contributed by atoms with Crippen molar-refractivity contribution in [3.63, 3.8) is 0 Å². The molecule has 0 saturated heterocycles. The Bertz CT molecular complexity index is 285. The summed E-state index contributed by atoms with van der Waals surface area (Å²) in [5, 5.41) is 0. The van der Waals surface area contributed by atoms with Crippen molar-refractivity contribution in [3.05, 3.63) is 24.3 Å². The lowest BCUT2D eigenvalue weighted by molar-refractivity contribution is -0.149. The van der Waals surface area contributed by atoms with Crippen LogP contribution in [-0.2, 0) is 9.53 Å². The number of hydrogen-bond donors (Lipinski definition) is 1. The Labute approximate surface area is 113 Å². The zero-order chi connectivity index (χ0) is 13.5. The highest BCUT2D eigenvalue weighted by Gasteiger charge is 2.36. The molecule has 17 heavy (non-hydrogen) atoms. The van der Waals surface area contributed by atoms with Crippen molar-refractivity contribution in [2.24, 2.45) is 5.73 Å². The Balaban J connectivity index is 4.85. The van der Waals surface area contributed by atoms with Gasteiger partial charge < -0.3 is 10.5 Å². The largest absolute Gasteiger partial charge is 0.465 e. The molecule has 0 aliphatic heterocycles. The van der Waals surface area contributed by atoms with E-state index in [1.165, 1.54) is 0 Å². The van der Waals surface area contributed by atoms with E-state index in [1.54, 1.807) is 6.92 Å². The summed E-state index contributed by atoms with van der Waals surface area (Å²) in [4.78, 5) is 11.9. The third-order valence-electron chi connectivity index (χ3n) is 2.19. The Morgan fingerprint density at radius 3 is 1.94 bits per heavy atom. The van der Waals surface area contributed by atoms with Gasteiger partial charge in [-0.1, -0.05) is 24.3 Å². The summed E-state index contributed by atoms with van der Waals surface area (Å²) in [6.07, 6.45) is 0.538. The minimum absolute atomic E-state index is 0.256. The van der Waals surface area contributed by atoms with Crippen molar-refractivity contribution in [1.29, 1.82) is 0 Å². The molecule has 0 aromatic rings. The molecule has 0 heterocycles. The minimum atomic E-state index is -1.17. The predicted octanol–water partition coefficient (Wildman–Crippen LogP) is 2.62. The molecular formula is C12H19Cl2NO2. The molecule has 2 N–H and O–H groups in total. The van der Waals surface area contributed by atoms with Gasteiger partial charge in [0, 0.05) is 11.8 Å². The van der Waals surface area contributed by atoms with Gasteiger partial charge in [-0.25, -0.2) is 0 Å². The lowest BCUT2D eigenvalue weighted by Gasteiger charge is -2.28. The number of alkyl halides is 2. The molecule has 0 unspecified atom stereocenters. The molecule has 0 spiro atoms. The summed E-state index contributed by atoms with van der Waals surface area (Å²) in [7, 11) is 0. The highest BCUT2D eigenvalue weighted by molar-refractivity contribution is 6.19. The van der Waals surface area contributed by atoms with Crippen molar-refractivity contribution in [3.8, 4) is 0 Å². The normalized spacial score (nSPS) is 11.1. The Morgan fingerprint density at radius 2 is 1.65 bits per heavy atom. The van der Waals surface area contributed by atoms with E-state index >= 15 is 0 Å². The van der Waals surface area contributed by atoms with Gasteiger partial charge in [-0.2, -0.15) is 0 Å². The van der Waals surface area contributed by atoms with Gasteiger partial charge in [-0.15, -0.1) is 23.2 Å². The predicted molar refractivity (Wildman–Crippen MR) is 72.5 cm³/mol. The zero-order valence-corrected chi connectivity index (χ0v) is 11.6. The van der Waals surface area contributed by atoms with Gasteiger partial charge >= 0.3 is 5.97 Å². The van der Waals surface area contributed by atoms with E-state index in [2.05, 4.69) is 13.2 Å². The zero-order valence-electron chi connectivity index (χ0n) is 10.1. The number of ether oxygens (including phenoxy) is 1. The molecule has 98 valence electrons. The molecule has 0 amide bonds. The van der Waals surface area contributed by atoms with E-state index in [1.807, 2.05) is 0 Å². The third kappa shape index (κ3) is 5.57. The summed E-state index contributed by atoms with van der Waals surface area (Å²) in [5.74, 6) is 0.0368. The monoisotopic (exact) mass is 279 g/mol. The molecule has 5 heteroatoms. The van der Waals surface area contributed by atoms with Gasteiger partial charge in [0.05, 0.1) is 6.61 Å². The third-order valence-corrected chi connectivity index (χ3v) is 2.95. The molecule has 0 aliphatic carbocycles. The van der Waals surface area contributed by atoms with E-state index in [0.29, 0.717) is 11.1 Å². The summed E-state index contributed by atoms with van der Waals surface area (Å²) in [6, 6.07) is 0. The van der Waals surface area contributed by atoms with Gasteiger partial charge in [-0.05, 0) is 19.8 Å². The Hall–Kier alpha value is -0.510. The van der Waals surface area contributed by atoms with E-state index in [9.17, 15) is 4.79 Å². The number of halogens is 2. The topological polar surface area (TPSA) is 52.3 Å². The smallest absolute Gasteiger partial charge is 0.326 e. The first-order chi connectivity index (χ1) is 7.89. The maximum absolute atomic E-state index is 11.9. The highest BCUT2D eigenvalue weighted by Crippen LogP contribution is 2.24. The second-order valence-electron chi connectivity index (χ2n) is 4.00. The van der Waals surface area contributed by atoms with Gasteiger partial charge in [-0.3, -0.25) is 4.79 Å². The first-order valence-electron chi connectivity index (χ1n) is 5.31. The van der Waals surface area contributed by atoms with Crippen LogP contribution in [0.2, 0.25) is 0 Å². The Kier molecular flexibility index (Phi) is 7.51. The van der Waals surface area contributed by atoms with Gasteiger partial charge in [0.15, 0.2) is 0 Å². The number of nitrogens with two attached hydrogens (primary N) is 1. The standard InChI is InChI=1S/C12H19Cl2NO2/c1-4-17-11(16)12(15,5-9(2)7-13)6-10(3)8-14/h2-8,15H2,1H3. The van der Waals surface area contributed by atoms with Crippen LogP contribution in [0, 0.1) is 0 Å². The number of hydrogen-bond acceptors (Lipinski definition) is 3. The second-order valence-corrected chi connectivity index (χ2v) is 4.53. The minimum Gasteiger partial charge on any atom is -0.465 e. The number of rotatable bonds is 8. The summed E-state index contributed by atoms with van der Waals surface area (Å²) >= 11 is 11.3. The first kappa shape index (κ1) is 16.5. The summed E-state index contributed by atoms with van der Waals surface area (Å²) < 4.78 is 4.97. The maximum Gasteiger partial charge on any atom is 0.326 e. The van der Waals surface area contributed by atoms with Crippen LogP contribution < -0.4 is 5.73 Å². The van der Waals surface area contributed by atoms with E-state index < -0.39 is 11.5 Å². The molecule has 0 bridgehead atoms. The number of carbonyl (C=O) groups excluding carboxylic acids is 1. The number of esters is 1. The fraction of sp³-hybridized carbons (Fsp3) is 0.583. The average molecular weight is 280 g/mol. The molecule has 0 aromatic heterocycles. The fourth-order valence-corrected chi connectivity index (χ4v) is 1.66. The fourth-order valence-electron chi connectivity index (χ4n) is 1.47. The van der Waals surface area contributed by atoms with Crippen molar-refractivity contribution in [2.45, 2.75) is 25.3 Å². The summed E-state index contributed by atoms with van der Waals surface area (Å²) in [6.45, 7) is 9.51. The SMILES string of the molecule is C=C(CCl)CC(N)(CC(=C)CCl)C(=O)OCC. The van der Waals surface area contributed by atoms with Crippen molar-refractivity contribution in [2.75, 3.05) is 18.4 Å². The Morgan fingerprint density at radius 1 is 1.24 bits per heavy atom. The quantitative estimate of drug-likeness (QED) is 0.422. The lowest BCUT2D eigenvalue weighted by atomic mass is 9.86. The molecule has 0 aromatic carbocycles. The molecule has 0 atom stereocenters.